The fraction of sp³-hybridized carbons (Fsp3) is 0.611. The highest BCUT2D eigenvalue weighted by atomic mass is 16.5. The summed E-state index contributed by atoms with van der Waals surface area (Å²) in [6.45, 7) is 11.0. The van der Waals surface area contributed by atoms with E-state index < -0.39 is 5.97 Å². The number of carboxylic acids is 1. The highest BCUT2D eigenvalue weighted by molar-refractivity contribution is 5.87. The number of nitrogens with zero attached hydrogens (tertiary/aromatic N) is 2. The number of morpholine rings is 1. The van der Waals surface area contributed by atoms with E-state index in [-0.39, 0.29) is 5.41 Å². The van der Waals surface area contributed by atoms with Crippen molar-refractivity contribution < 1.29 is 14.6 Å². The molecule has 1 fully saturated rings. The maximum absolute atomic E-state index is 11.1. The van der Waals surface area contributed by atoms with Gasteiger partial charge in [0.25, 0.3) is 0 Å². The largest absolute Gasteiger partial charge is 0.478 e. The fourth-order valence-corrected chi connectivity index (χ4v) is 3.32. The van der Waals surface area contributed by atoms with Gasteiger partial charge in [0.1, 0.15) is 0 Å². The summed E-state index contributed by atoms with van der Waals surface area (Å²) in [6.07, 6.45) is 0. The number of ether oxygens (including phenoxy) is 1. The van der Waals surface area contributed by atoms with Crippen molar-refractivity contribution >= 4 is 5.97 Å². The summed E-state index contributed by atoms with van der Waals surface area (Å²) < 4.78 is 5.40. The molecule has 0 aliphatic carbocycles. The molecule has 1 aromatic carbocycles. The standard InChI is InChI=1S/C18H28N2O3/c1-18(2,14-20-7-9-23-10-8-20)13-19(3)12-15-5-4-6-16(11-15)17(21)22/h4-6,11H,7-10,12-14H2,1-3H3,(H,21,22). The van der Waals surface area contributed by atoms with Crippen LogP contribution in [0.1, 0.15) is 29.8 Å². The van der Waals surface area contributed by atoms with Crippen LogP contribution in [0.3, 0.4) is 0 Å². The van der Waals surface area contributed by atoms with E-state index in [1.807, 2.05) is 12.1 Å². The van der Waals surface area contributed by atoms with Crippen LogP contribution >= 0.6 is 0 Å². The molecule has 0 saturated carbocycles. The molecule has 0 bridgehead atoms. The van der Waals surface area contributed by atoms with Crippen LogP contribution in [0.5, 0.6) is 0 Å². The van der Waals surface area contributed by atoms with Crippen LogP contribution in [0.15, 0.2) is 24.3 Å². The maximum atomic E-state index is 11.1. The van der Waals surface area contributed by atoms with Gasteiger partial charge in [-0.15, -0.1) is 0 Å². The molecule has 1 heterocycles. The summed E-state index contributed by atoms with van der Waals surface area (Å²) in [5.74, 6) is -0.873. The number of hydrogen-bond donors (Lipinski definition) is 1. The van der Waals surface area contributed by atoms with Gasteiger partial charge in [0, 0.05) is 32.7 Å². The summed E-state index contributed by atoms with van der Waals surface area (Å²) in [5.41, 5.74) is 1.56. The average molecular weight is 320 g/mol. The molecule has 23 heavy (non-hydrogen) atoms. The van der Waals surface area contributed by atoms with E-state index in [1.165, 1.54) is 0 Å². The van der Waals surface area contributed by atoms with Gasteiger partial charge >= 0.3 is 5.97 Å². The van der Waals surface area contributed by atoms with Crippen LogP contribution in [0.2, 0.25) is 0 Å². The SMILES string of the molecule is CN(Cc1cccc(C(=O)O)c1)CC(C)(C)CN1CCOCC1. The van der Waals surface area contributed by atoms with Crippen molar-refractivity contribution in [2.45, 2.75) is 20.4 Å². The molecule has 0 amide bonds. The quantitative estimate of drug-likeness (QED) is 0.834. The molecule has 5 nitrogen and oxygen atoms in total. The number of carbonyl (C=O) groups is 1. The molecule has 0 atom stereocenters. The van der Waals surface area contributed by atoms with E-state index in [0.29, 0.717) is 5.56 Å². The second-order valence-corrected chi connectivity index (χ2v) is 7.23. The molecular weight excluding hydrogens is 292 g/mol. The van der Waals surface area contributed by atoms with E-state index in [2.05, 4.69) is 30.7 Å². The number of aromatic carboxylic acids is 1. The van der Waals surface area contributed by atoms with Gasteiger partial charge in [-0.1, -0.05) is 26.0 Å². The Morgan fingerprint density at radius 1 is 1.35 bits per heavy atom. The first-order valence-electron chi connectivity index (χ1n) is 8.17. The smallest absolute Gasteiger partial charge is 0.335 e. The maximum Gasteiger partial charge on any atom is 0.335 e. The molecule has 1 aliphatic rings. The zero-order chi connectivity index (χ0) is 16.9. The number of rotatable bonds is 7. The lowest BCUT2D eigenvalue weighted by molar-refractivity contribution is 0.0161. The Balaban J connectivity index is 1.88. The molecular formula is C18H28N2O3. The number of carboxylic acid groups (broad SMARTS) is 1. The van der Waals surface area contributed by atoms with E-state index in [9.17, 15) is 4.79 Å². The van der Waals surface area contributed by atoms with Gasteiger partial charge in [-0.2, -0.15) is 0 Å². The molecule has 0 radical (unpaired) electrons. The van der Waals surface area contributed by atoms with Gasteiger partial charge in [-0.3, -0.25) is 4.90 Å². The van der Waals surface area contributed by atoms with Crippen molar-refractivity contribution in [3.05, 3.63) is 35.4 Å². The lowest BCUT2D eigenvalue weighted by atomic mass is 9.91. The van der Waals surface area contributed by atoms with Crippen LogP contribution < -0.4 is 0 Å². The minimum atomic E-state index is -0.873. The van der Waals surface area contributed by atoms with Gasteiger partial charge in [0.05, 0.1) is 18.8 Å². The van der Waals surface area contributed by atoms with Gasteiger partial charge < -0.3 is 14.7 Å². The molecule has 128 valence electrons. The second-order valence-electron chi connectivity index (χ2n) is 7.23. The highest BCUT2D eigenvalue weighted by Gasteiger charge is 2.24. The molecule has 2 rings (SSSR count). The summed E-state index contributed by atoms with van der Waals surface area (Å²) in [7, 11) is 2.09. The average Bonchev–Trinajstić information content (AvgIpc) is 2.47. The first-order chi connectivity index (χ1) is 10.9. The van der Waals surface area contributed by atoms with Crippen molar-refractivity contribution in [2.75, 3.05) is 46.4 Å². The summed E-state index contributed by atoms with van der Waals surface area (Å²) in [4.78, 5) is 15.8. The van der Waals surface area contributed by atoms with Crippen molar-refractivity contribution in [3.8, 4) is 0 Å². The highest BCUT2D eigenvalue weighted by Crippen LogP contribution is 2.20. The van der Waals surface area contributed by atoms with Crippen molar-refractivity contribution in [3.63, 3.8) is 0 Å². The molecule has 0 aromatic heterocycles. The van der Waals surface area contributed by atoms with Crippen LogP contribution in [0.25, 0.3) is 0 Å². The Kier molecular flexibility index (Phi) is 6.16. The molecule has 1 saturated heterocycles. The lowest BCUT2D eigenvalue weighted by Crippen LogP contribution is -2.45. The molecule has 1 aliphatic heterocycles. The zero-order valence-corrected chi connectivity index (χ0v) is 14.4. The molecule has 1 aromatic rings. The Labute approximate surface area is 138 Å². The fourth-order valence-electron chi connectivity index (χ4n) is 3.32. The van der Waals surface area contributed by atoms with Gasteiger partial charge in [0.2, 0.25) is 0 Å². The zero-order valence-electron chi connectivity index (χ0n) is 14.4. The van der Waals surface area contributed by atoms with Crippen molar-refractivity contribution in [1.29, 1.82) is 0 Å². The normalized spacial score (nSPS) is 16.7. The van der Waals surface area contributed by atoms with Gasteiger partial charge in [0.15, 0.2) is 0 Å². The third-order valence-corrected chi connectivity index (χ3v) is 4.08. The molecule has 5 heteroatoms. The Morgan fingerprint density at radius 2 is 2.04 bits per heavy atom. The van der Waals surface area contributed by atoms with E-state index in [1.54, 1.807) is 12.1 Å². The van der Waals surface area contributed by atoms with Crippen LogP contribution in [-0.2, 0) is 11.3 Å². The van der Waals surface area contributed by atoms with Crippen molar-refractivity contribution in [2.24, 2.45) is 5.41 Å². The summed E-state index contributed by atoms with van der Waals surface area (Å²) in [5, 5.41) is 9.08. The lowest BCUT2D eigenvalue weighted by Gasteiger charge is -2.37. The number of benzene rings is 1. The van der Waals surface area contributed by atoms with Crippen LogP contribution in [0.4, 0.5) is 0 Å². The van der Waals surface area contributed by atoms with Crippen LogP contribution in [0, 0.1) is 5.41 Å². The van der Waals surface area contributed by atoms with Gasteiger partial charge in [-0.05, 0) is 30.2 Å². The number of hydrogen-bond acceptors (Lipinski definition) is 4. The topological polar surface area (TPSA) is 53.0 Å². The van der Waals surface area contributed by atoms with Crippen LogP contribution in [-0.4, -0.2) is 67.3 Å². The van der Waals surface area contributed by atoms with Gasteiger partial charge in [-0.25, -0.2) is 4.79 Å². The summed E-state index contributed by atoms with van der Waals surface area (Å²) >= 11 is 0. The predicted molar refractivity (Wildman–Crippen MR) is 90.8 cm³/mol. The van der Waals surface area contributed by atoms with Crippen molar-refractivity contribution in [1.82, 2.24) is 9.80 Å². The molecule has 0 unspecified atom stereocenters. The first-order valence-corrected chi connectivity index (χ1v) is 8.17. The Hall–Kier alpha value is -1.43. The predicted octanol–water partition coefficient (Wildman–Crippen LogP) is 2.17. The second kappa shape index (κ2) is 7.90. The first kappa shape index (κ1) is 17.9. The van der Waals surface area contributed by atoms with E-state index >= 15 is 0 Å². The Morgan fingerprint density at radius 3 is 2.70 bits per heavy atom. The third kappa shape index (κ3) is 5.94. The summed E-state index contributed by atoms with van der Waals surface area (Å²) in [6, 6.07) is 7.19. The minimum absolute atomic E-state index is 0.177. The molecule has 1 N–H and O–H groups in total. The van der Waals surface area contributed by atoms with E-state index in [0.717, 1.165) is 51.5 Å². The van der Waals surface area contributed by atoms with E-state index in [4.69, 9.17) is 9.84 Å². The molecule has 0 spiro atoms. The monoisotopic (exact) mass is 320 g/mol. The minimum Gasteiger partial charge on any atom is -0.478 e. The Bertz CT molecular complexity index is 525. The third-order valence-electron chi connectivity index (χ3n) is 4.08.